The van der Waals surface area contributed by atoms with Gasteiger partial charge in [-0.15, -0.1) is 0 Å². The Kier molecular flexibility index (Phi) is 5.81. The molecule has 1 aromatic carbocycles. The van der Waals surface area contributed by atoms with Crippen molar-refractivity contribution in [3.63, 3.8) is 0 Å². The van der Waals surface area contributed by atoms with Gasteiger partial charge in [0.15, 0.2) is 0 Å². The molecule has 0 fully saturated rings. The first-order chi connectivity index (χ1) is 9.04. The average Bonchev–Trinajstić information content (AvgIpc) is 2.39. The molecular weight excluding hydrogens is 246 g/mol. The van der Waals surface area contributed by atoms with Gasteiger partial charge in [-0.25, -0.2) is 0 Å². The second kappa shape index (κ2) is 7.38. The van der Waals surface area contributed by atoms with Gasteiger partial charge in [0.2, 0.25) is 5.91 Å². The summed E-state index contributed by atoms with van der Waals surface area (Å²) < 4.78 is 4.82. The Balaban J connectivity index is 2.47. The van der Waals surface area contributed by atoms with Gasteiger partial charge >= 0.3 is 0 Å². The summed E-state index contributed by atoms with van der Waals surface area (Å²) in [7, 11) is 1.55. The third-order valence-corrected chi connectivity index (χ3v) is 2.52. The van der Waals surface area contributed by atoms with Crippen LogP contribution >= 0.6 is 0 Å². The second-order valence-electron chi connectivity index (χ2n) is 4.10. The molecule has 6 nitrogen and oxygen atoms in total. The summed E-state index contributed by atoms with van der Waals surface area (Å²) in [5.41, 5.74) is 6.59. The van der Waals surface area contributed by atoms with E-state index in [-0.39, 0.29) is 11.8 Å². The summed E-state index contributed by atoms with van der Waals surface area (Å²) in [6, 6.07) is 5.89. The highest BCUT2D eigenvalue weighted by Gasteiger charge is 2.15. The van der Waals surface area contributed by atoms with E-state index in [1.807, 2.05) is 0 Å². The number of rotatable bonds is 6. The van der Waals surface area contributed by atoms with Crippen molar-refractivity contribution >= 4 is 17.5 Å². The molecular formula is C13H19N3O3. The van der Waals surface area contributed by atoms with Crippen LogP contribution in [-0.2, 0) is 9.53 Å². The standard InChI is InChI=1S/C13H19N3O3/c1-9(12(17)15-7-8-19-2)16-13(18)10-3-5-11(14)6-4-10/h3-6,9H,7-8,14H2,1-2H3,(H,15,17)(H,16,18). The molecule has 19 heavy (non-hydrogen) atoms. The number of benzene rings is 1. The first-order valence-corrected chi connectivity index (χ1v) is 5.97. The maximum Gasteiger partial charge on any atom is 0.251 e. The van der Waals surface area contributed by atoms with Crippen LogP contribution in [0.3, 0.4) is 0 Å². The van der Waals surface area contributed by atoms with E-state index in [2.05, 4.69) is 10.6 Å². The molecule has 0 aliphatic heterocycles. The van der Waals surface area contributed by atoms with Gasteiger partial charge in [-0.1, -0.05) is 0 Å². The maximum absolute atomic E-state index is 11.8. The summed E-state index contributed by atoms with van der Waals surface area (Å²) in [6.07, 6.45) is 0. The third-order valence-electron chi connectivity index (χ3n) is 2.52. The van der Waals surface area contributed by atoms with E-state index in [0.29, 0.717) is 24.4 Å². The van der Waals surface area contributed by atoms with Crippen LogP contribution in [0, 0.1) is 0 Å². The lowest BCUT2D eigenvalue weighted by molar-refractivity contribution is -0.122. The molecule has 0 saturated heterocycles. The molecule has 0 heterocycles. The molecule has 1 atom stereocenters. The summed E-state index contributed by atoms with van der Waals surface area (Å²) in [5.74, 6) is -0.560. The van der Waals surface area contributed by atoms with E-state index in [1.165, 1.54) is 0 Å². The van der Waals surface area contributed by atoms with Crippen molar-refractivity contribution in [2.45, 2.75) is 13.0 Å². The molecule has 1 unspecified atom stereocenters. The lowest BCUT2D eigenvalue weighted by Gasteiger charge is -2.14. The van der Waals surface area contributed by atoms with Crippen LogP contribution < -0.4 is 16.4 Å². The van der Waals surface area contributed by atoms with Crippen molar-refractivity contribution in [2.75, 3.05) is 26.0 Å². The van der Waals surface area contributed by atoms with Crippen LogP contribution in [0.15, 0.2) is 24.3 Å². The van der Waals surface area contributed by atoms with Gasteiger partial charge in [-0.2, -0.15) is 0 Å². The second-order valence-corrected chi connectivity index (χ2v) is 4.10. The molecule has 2 amide bonds. The van der Waals surface area contributed by atoms with Crippen LogP contribution in [-0.4, -0.2) is 38.1 Å². The van der Waals surface area contributed by atoms with Crippen molar-refractivity contribution < 1.29 is 14.3 Å². The smallest absolute Gasteiger partial charge is 0.251 e. The molecule has 104 valence electrons. The van der Waals surface area contributed by atoms with Crippen molar-refractivity contribution in [2.24, 2.45) is 0 Å². The van der Waals surface area contributed by atoms with Gasteiger partial charge < -0.3 is 21.1 Å². The lowest BCUT2D eigenvalue weighted by atomic mass is 10.2. The molecule has 1 aromatic rings. The van der Waals surface area contributed by atoms with Gasteiger partial charge in [0, 0.05) is 24.9 Å². The topological polar surface area (TPSA) is 93.5 Å². The zero-order valence-electron chi connectivity index (χ0n) is 11.1. The number of ether oxygens (including phenoxy) is 1. The van der Waals surface area contributed by atoms with Crippen molar-refractivity contribution in [3.8, 4) is 0 Å². The highest BCUT2D eigenvalue weighted by molar-refractivity contribution is 5.97. The van der Waals surface area contributed by atoms with Crippen LogP contribution in [0.25, 0.3) is 0 Å². The Morgan fingerprint density at radius 3 is 2.53 bits per heavy atom. The zero-order chi connectivity index (χ0) is 14.3. The summed E-state index contributed by atoms with van der Waals surface area (Å²) >= 11 is 0. The number of hydrogen-bond acceptors (Lipinski definition) is 4. The Labute approximate surface area is 112 Å². The molecule has 0 aromatic heterocycles. The van der Waals surface area contributed by atoms with Crippen molar-refractivity contribution in [3.05, 3.63) is 29.8 Å². The Morgan fingerprint density at radius 1 is 1.32 bits per heavy atom. The average molecular weight is 265 g/mol. The normalized spacial score (nSPS) is 11.7. The monoisotopic (exact) mass is 265 g/mol. The Bertz CT molecular complexity index is 431. The Hall–Kier alpha value is -2.08. The van der Waals surface area contributed by atoms with E-state index in [4.69, 9.17) is 10.5 Å². The fraction of sp³-hybridized carbons (Fsp3) is 0.385. The minimum Gasteiger partial charge on any atom is -0.399 e. The van der Waals surface area contributed by atoms with Crippen LogP contribution in [0.2, 0.25) is 0 Å². The first kappa shape index (κ1) is 15.0. The summed E-state index contributed by atoms with van der Waals surface area (Å²) in [5, 5.41) is 5.26. The Morgan fingerprint density at radius 2 is 1.95 bits per heavy atom. The number of carbonyl (C=O) groups excluding carboxylic acids is 2. The molecule has 4 N–H and O–H groups in total. The van der Waals surface area contributed by atoms with Crippen LogP contribution in [0.4, 0.5) is 5.69 Å². The van der Waals surface area contributed by atoms with E-state index in [9.17, 15) is 9.59 Å². The summed E-state index contributed by atoms with van der Waals surface area (Å²) in [6.45, 7) is 2.47. The highest BCUT2D eigenvalue weighted by atomic mass is 16.5. The molecule has 0 radical (unpaired) electrons. The van der Waals surface area contributed by atoms with Crippen molar-refractivity contribution in [1.29, 1.82) is 0 Å². The fourth-order valence-electron chi connectivity index (χ4n) is 1.41. The van der Waals surface area contributed by atoms with E-state index >= 15 is 0 Å². The molecule has 1 rings (SSSR count). The number of methoxy groups -OCH3 is 1. The zero-order valence-corrected chi connectivity index (χ0v) is 11.1. The molecule has 0 bridgehead atoms. The predicted molar refractivity (Wildman–Crippen MR) is 72.7 cm³/mol. The third kappa shape index (κ3) is 4.97. The maximum atomic E-state index is 11.8. The van der Waals surface area contributed by atoms with Crippen LogP contribution in [0.5, 0.6) is 0 Å². The number of nitrogens with one attached hydrogen (secondary N) is 2. The quantitative estimate of drug-likeness (QED) is 0.504. The van der Waals surface area contributed by atoms with Gasteiger partial charge in [0.25, 0.3) is 5.91 Å². The van der Waals surface area contributed by atoms with Crippen LogP contribution in [0.1, 0.15) is 17.3 Å². The minimum atomic E-state index is -0.609. The molecule has 0 spiro atoms. The minimum absolute atomic E-state index is 0.249. The number of carbonyl (C=O) groups is 2. The molecule has 6 heteroatoms. The van der Waals surface area contributed by atoms with Gasteiger partial charge in [-0.3, -0.25) is 9.59 Å². The van der Waals surface area contributed by atoms with Gasteiger partial charge in [0.1, 0.15) is 6.04 Å². The van der Waals surface area contributed by atoms with Gasteiger partial charge in [-0.05, 0) is 31.2 Å². The fourth-order valence-corrected chi connectivity index (χ4v) is 1.41. The number of nitrogens with two attached hydrogens (primary N) is 1. The highest BCUT2D eigenvalue weighted by Crippen LogP contribution is 2.05. The van der Waals surface area contributed by atoms with E-state index in [1.54, 1.807) is 38.3 Å². The van der Waals surface area contributed by atoms with Gasteiger partial charge in [0.05, 0.1) is 6.61 Å². The van der Waals surface area contributed by atoms with E-state index < -0.39 is 6.04 Å². The largest absolute Gasteiger partial charge is 0.399 e. The number of anilines is 1. The molecule has 0 aliphatic carbocycles. The first-order valence-electron chi connectivity index (χ1n) is 5.97. The molecule has 0 saturated carbocycles. The number of hydrogen-bond donors (Lipinski definition) is 3. The summed E-state index contributed by atoms with van der Waals surface area (Å²) in [4.78, 5) is 23.5. The SMILES string of the molecule is COCCNC(=O)C(C)NC(=O)c1ccc(N)cc1. The number of nitrogen functional groups attached to an aromatic ring is 1. The number of amides is 2. The van der Waals surface area contributed by atoms with E-state index in [0.717, 1.165) is 0 Å². The van der Waals surface area contributed by atoms with Crippen molar-refractivity contribution in [1.82, 2.24) is 10.6 Å². The predicted octanol–water partition coefficient (Wildman–Crippen LogP) is 0.150. The molecule has 0 aliphatic rings. The lowest BCUT2D eigenvalue weighted by Crippen LogP contribution is -2.45.